The summed E-state index contributed by atoms with van der Waals surface area (Å²) in [5.74, 6) is 2.25. The van der Waals surface area contributed by atoms with Gasteiger partial charge in [0.05, 0.1) is 6.10 Å². The van der Waals surface area contributed by atoms with Crippen molar-refractivity contribution in [3.63, 3.8) is 0 Å². The van der Waals surface area contributed by atoms with Gasteiger partial charge in [0.2, 0.25) is 0 Å². The monoisotopic (exact) mass is 372 g/mol. The van der Waals surface area contributed by atoms with Gasteiger partial charge in [0.1, 0.15) is 5.78 Å². The van der Waals surface area contributed by atoms with Gasteiger partial charge >= 0.3 is 0 Å². The minimum absolute atomic E-state index is 0.149. The molecule has 0 heterocycles. The zero-order valence-corrected chi connectivity index (χ0v) is 17.5. The maximum Gasteiger partial charge on any atom is 0.137 e. The number of rotatable bonds is 11. The molecule has 1 unspecified atom stereocenters. The minimum Gasteiger partial charge on any atom is -0.392 e. The number of ketones is 1. The topological polar surface area (TPSA) is 37.3 Å². The van der Waals surface area contributed by atoms with Crippen LogP contribution in [0, 0.1) is 29.1 Å². The Bertz CT molecular complexity index is 539. The van der Waals surface area contributed by atoms with Crippen LogP contribution in [0.25, 0.3) is 0 Å². The SMILES string of the molecule is CCCC/C=C\C[C@H]1C(=O)C[C@@H](C)[C@@H]1/C=C/CC(O)C1(CC2CC2)CCC1. The smallest absolute Gasteiger partial charge is 0.137 e. The van der Waals surface area contributed by atoms with E-state index in [0.717, 1.165) is 31.6 Å². The average molecular weight is 373 g/mol. The average Bonchev–Trinajstić information content (AvgIpc) is 3.38. The van der Waals surface area contributed by atoms with E-state index in [-0.39, 0.29) is 17.4 Å². The summed E-state index contributed by atoms with van der Waals surface area (Å²) in [5.41, 5.74) is 0.212. The van der Waals surface area contributed by atoms with Crippen LogP contribution >= 0.6 is 0 Å². The Kier molecular flexibility index (Phi) is 7.36. The number of allylic oxidation sites excluding steroid dienone is 3. The Labute approximate surface area is 166 Å². The van der Waals surface area contributed by atoms with E-state index >= 15 is 0 Å². The number of carbonyl (C=O) groups is 1. The fourth-order valence-corrected chi connectivity index (χ4v) is 5.33. The van der Waals surface area contributed by atoms with Crippen molar-refractivity contribution in [1.29, 1.82) is 0 Å². The third-order valence-electron chi connectivity index (χ3n) is 7.51. The van der Waals surface area contributed by atoms with Gasteiger partial charge in [-0.05, 0) is 61.7 Å². The standard InChI is InChI=1S/C25H40O2/c1-3-4-5-6-7-10-22-21(19(2)17-23(22)26)11-8-12-24(27)25(15-9-16-25)18-20-13-14-20/h6-8,11,19-22,24,27H,3-5,9-10,12-18H2,1-2H3/b7-6-,11-8+/t19-,21+,22-,24?/m1/s1. The lowest BCUT2D eigenvalue weighted by Crippen LogP contribution is -2.41. The molecule has 4 atom stereocenters. The number of aliphatic hydroxyl groups is 1. The summed E-state index contributed by atoms with van der Waals surface area (Å²) in [4.78, 5) is 12.4. The molecule has 152 valence electrons. The molecule has 27 heavy (non-hydrogen) atoms. The zero-order valence-electron chi connectivity index (χ0n) is 17.5. The number of carbonyl (C=O) groups excluding carboxylic acids is 1. The van der Waals surface area contributed by atoms with Crippen LogP contribution in [0.2, 0.25) is 0 Å². The highest BCUT2D eigenvalue weighted by Gasteiger charge is 2.46. The second-order valence-corrected chi connectivity index (χ2v) is 9.72. The van der Waals surface area contributed by atoms with Gasteiger partial charge in [0, 0.05) is 12.3 Å². The van der Waals surface area contributed by atoms with Crippen molar-refractivity contribution in [1.82, 2.24) is 0 Å². The van der Waals surface area contributed by atoms with Crippen LogP contribution in [0.5, 0.6) is 0 Å². The maximum atomic E-state index is 12.4. The molecule has 0 amide bonds. The largest absolute Gasteiger partial charge is 0.392 e. The Morgan fingerprint density at radius 3 is 2.63 bits per heavy atom. The second kappa shape index (κ2) is 9.54. The third-order valence-corrected chi connectivity index (χ3v) is 7.51. The Hall–Kier alpha value is -0.890. The quantitative estimate of drug-likeness (QED) is 0.344. The second-order valence-electron chi connectivity index (χ2n) is 9.72. The van der Waals surface area contributed by atoms with Crippen LogP contribution in [-0.4, -0.2) is 17.0 Å². The normalized spacial score (nSPS) is 31.7. The van der Waals surface area contributed by atoms with Crippen molar-refractivity contribution < 1.29 is 9.90 Å². The predicted molar refractivity (Wildman–Crippen MR) is 112 cm³/mol. The highest BCUT2D eigenvalue weighted by molar-refractivity contribution is 5.84. The Morgan fingerprint density at radius 2 is 2.00 bits per heavy atom. The minimum atomic E-state index is -0.192. The fraction of sp³-hybridized carbons (Fsp3) is 0.800. The highest BCUT2D eigenvalue weighted by Crippen LogP contribution is 2.53. The molecule has 3 fully saturated rings. The van der Waals surface area contributed by atoms with E-state index in [0.29, 0.717) is 17.6 Å². The molecule has 3 rings (SSSR count). The van der Waals surface area contributed by atoms with Crippen molar-refractivity contribution in [2.75, 3.05) is 0 Å². The first-order valence-electron chi connectivity index (χ1n) is 11.6. The van der Waals surface area contributed by atoms with Gasteiger partial charge in [-0.2, -0.15) is 0 Å². The van der Waals surface area contributed by atoms with Crippen LogP contribution in [-0.2, 0) is 4.79 Å². The summed E-state index contributed by atoms with van der Waals surface area (Å²) in [6.07, 6.45) is 22.4. The molecule has 3 aliphatic rings. The van der Waals surface area contributed by atoms with E-state index in [2.05, 4.69) is 38.2 Å². The number of hydrogen-bond donors (Lipinski definition) is 1. The van der Waals surface area contributed by atoms with Gasteiger partial charge < -0.3 is 5.11 Å². The lowest BCUT2D eigenvalue weighted by Gasteiger charge is -2.46. The Morgan fingerprint density at radius 1 is 1.22 bits per heavy atom. The molecule has 0 bridgehead atoms. The van der Waals surface area contributed by atoms with Gasteiger partial charge in [-0.15, -0.1) is 0 Å². The van der Waals surface area contributed by atoms with E-state index in [1.165, 1.54) is 51.4 Å². The predicted octanol–water partition coefficient (Wildman–Crippen LogP) is 6.24. The van der Waals surface area contributed by atoms with Crippen LogP contribution in [0.4, 0.5) is 0 Å². The van der Waals surface area contributed by atoms with E-state index < -0.39 is 0 Å². The Balaban J connectivity index is 1.51. The summed E-state index contributed by atoms with van der Waals surface area (Å²) in [6.45, 7) is 4.42. The fourth-order valence-electron chi connectivity index (χ4n) is 5.33. The maximum absolute atomic E-state index is 12.4. The van der Waals surface area contributed by atoms with Crippen molar-refractivity contribution in [3.8, 4) is 0 Å². The molecule has 2 nitrogen and oxygen atoms in total. The van der Waals surface area contributed by atoms with Crippen molar-refractivity contribution in [2.45, 2.75) is 97.0 Å². The molecule has 2 heteroatoms. The molecule has 0 aromatic rings. The number of unbranched alkanes of at least 4 members (excludes halogenated alkanes) is 2. The number of aliphatic hydroxyl groups excluding tert-OH is 1. The molecule has 0 aromatic carbocycles. The van der Waals surface area contributed by atoms with Gasteiger partial charge in [0.25, 0.3) is 0 Å². The van der Waals surface area contributed by atoms with Gasteiger partial charge in [0.15, 0.2) is 0 Å². The van der Waals surface area contributed by atoms with E-state index in [4.69, 9.17) is 0 Å². The summed E-state index contributed by atoms with van der Waals surface area (Å²) in [7, 11) is 0. The van der Waals surface area contributed by atoms with Crippen LogP contribution in [0.1, 0.15) is 90.9 Å². The highest BCUT2D eigenvalue weighted by atomic mass is 16.3. The molecule has 0 aliphatic heterocycles. The first kappa shape index (κ1) is 20.8. The molecular weight excluding hydrogens is 332 g/mol. The van der Waals surface area contributed by atoms with Gasteiger partial charge in [-0.3, -0.25) is 4.79 Å². The summed E-state index contributed by atoms with van der Waals surface area (Å²) >= 11 is 0. The van der Waals surface area contributed by atoms with Crippen LogP contribution < -0.4 is 0 Å². The molecule has 0 saturated heterocycles. The van der Waals surface area contributed by atoms with Gasteiger partial charge in [-0.1, -0.05) is 70.3 Å². The summed E-state index contributed by atoms with van der Waals surface area (Å²) in [5, 5.41) is 10.8. The summed E-state index contributed by atoms with van der Waals surface area (Å²) < 4.78 is 0. The van der Waals surface area contributed by atoms with Crippen molar-refractivity contribution in [2.24, 2.45) is 29.1 Å². The first-order chi connectivity index (χ1) is 13.1. The zero-order chi connectivity index (χ0) is 19.3. The van der Waals surface area contributed by atoms with Crippen molar-refractivity contribution >= 4 is 5.78 Å². The summed E-state index contributed by atoms with van der Waals surface area (Å²) in [6, 6.07) is 0. The van der Waals surface area contributed by atoms with Gasteiger partial charge in [-0.25, -0.2) is 0 Å². The first-order valence-corrected chi connectivity index (χ1v) is 11.6. The van der Waals surface area contributed by atoms with Crippen LogP contribution in [0.3, 0.4) is 0 Å². The molecule has 0 spiro atoms. The van der Waals surface area contributed by atoms with E-state index in [9.17, 15) is 9.90 Å². The molecule has 0 radical (unpaired) electrons. The van der Waals surface area contributed by atoms with E-state index in [1.54, 1.807) is 0 Å². The third kappa shape index (κ3) is 5.34. The van der Waals surface area contributed by atoms with Crippen LogP contribution in [0.15, 0.2) is 24.3 Å². The number of hydrogen-bond acceptors (Lipinski definition) is 2. The molecule has 3 saturated carbocycles. The molecule has 1 N–H and O–H groups in total. The molecule has 0 aromatic heterocycles. The molecular formula is C25H40O2. The van der Waals surface area contributed by atoms with E-state index in [1.807, 2.05) is 0 Å². The molecule has 3 aliphatic carbocycles. The lowest BCUT2D eigenvalue weighted by atomic mass is 9.61. The number of Topliss-reactive ketones (excluding diaryl/α,β-unsaturated/α-hetero) is 1. The van der Waals surface area contributed by atoms with Crippen molar-refractivity contribution in [3.05, 3.63) is 24.3 Å². The lowest BCUT2D eigenvalue weighted by molar-refractivity contribution is -0.121.